The molecule has 6 heteroatoms. The molecular weight excluding hydrogens is 242 g/mol. The highest BCUT2D eigenvalue weighted by atomic mass is 35.7. The summed E-state index contributed by atoms with van der Waals surface area (Å²) in [6.07, 6.45) is 0. The van der Waals surface area contributed by atoms with Crippen molar-refractivity contribution in [2.75, 3.05) is 5.75 Å². The van der Waals surface area contributed by atoms with Gasteiger partial charge in [0, 0.05) is 14.8 Å². The molecule has 0 fully saturated rings. The Kier molecular flexibility index (Phi) is 4.10. The summed E-state index contributed by atoms with van der Waals surface area (Å²) in [5.74, 6) is -0.0178. The van der Waals surface area contributed by atoms with Crippen molar-refractivity contribution >= 4 is 30.6 Å². The highest BCUT2D eigenvalue weighted by molar-refractivity contribution is 8.14. The van der Waals surface area contributed by atoms with Crippen molar-refractivity contribution in [3.8, 4) is 0 Å². The van der Waals surface area contributed by atoms with Gasteiger partial charge >= 0.3 is 0 Å². The molecule has 0 aliphatic rings. The molecule has 0 saturated carbocycles. The van der Waals surface area contributed by atoms with Gasteiger partial charge in [0.1, 0.15) is 0 Å². The number of sulfonamides is 1. The van der Waals surface area contributed by atoms with E-state index in [0.29, 0.717) is 4.90 Å². The van der Waals surface area contributed by atoms with E-state index in [-0.39, 0.29) is 5.75 Å². The highest BCUT2D eigenvalue weighted by Crippen LogP contribution is 2.14. The Hall–Kier alpha value is -0.390. The summed E-state index contributed by atoms with van der Waals surface area (Å²) in [6.45, 7) is 1.54. The first-order chi connectivity index (χ1) is 6.55. The van der Waals surface area contributed by atoms with Crippen LogP contribution < -0.4 is 0 Å². The average Bonchev–Trinajstić information content (AvgIpc) is 2.19. The minimum Gasteiger partial charge on any atom is -0.204 e. The van der Waals surface area contributed by atoms with Crippen LogP contribution in [0.5, 0.6) is 0 Å². The van der Waals surface area contributed by atoms with Crippen LogP contribution in [0.3, 0.4) is 0 Å². The van der Waals surface area contributed by atoms with Gasteiger partial charge in [0.05, 0.1) is 5.75 Å². The number of rotatable bonds is 3. The van der Waals surface area contributed by atoms with Crippen molar-refractivity contribution in [1.29, 1.82) is 0 Å². The zero-order chi connectivity index (χ0) is 10.6. The Morgan fingerprint density at radius 2 is 1.93 bits per heavy atom. The molecule has 0 aliphatic heterocycles. The maximum atomic E-state index is 11.1. The topological polar surface area (TPSA) is 46.5 Å². The highest BCUT2D eigenvalue weighted by Gasteiger charge is 2.06. The van der Waals surface area contributed by atoms with Crippen molar-refractivity contribution < 1.29 is 8.42 Å². The third kappa shape index (κ3) is 3.40. The summed E-state index contributed by atoms with van der Waals surface area (Å²) < 4.78 is 25.8. The van der Waals surface area contributed by atoms with E-state index < -0.39 is 19.9 Å². The van der Waals surface area contributed by atoms with E-state index in [2.05, 4.69) is 3.77 Å². The van der Waals surface area contributed by atoms with Gasteiger partial charge in [0.25, 0.3) is 10.0 Å². The van der Waals surface area contributed by atoms with Gasteiger partial charge in [-0.15, -0.1) is 3.77 Å². The Bertz CT molecular complexity index is 428. The lowest BCUT2D eigenvalue weighted by Gasteiger charge is -1.98. The second-order valence-corrected chi connectivity index (χ2v) is 6.66. The molecule has 1 aromatic carbocycles. The summed E-state index contributed by atoms with van der Waals surface area (Å²) in [6, 6.07) is 8.94. The first-order valence-electron chi connectivity index (χ1n) is 3.96. The fraction of sp³-hybridized carbons (Fsp3) is 0.250. The van der Waals surface area contributed by atoms with E-state index in [0.717, 1.165) is 0 Å². The van der Waals surface area contributed by atoms with Crippen LogP contribution in [-0.4, -0.2) is 14.2 Å². The van der Waals surface area contributed by atoms with Gasteiger partial charge in [-0.25, -0.2) is 8.42 Å². The molecule has 1 rings (SSSR count). The third-order valence-electron chi connectivity index (χ3n) is 1.48. The number of benzene rings is 1. The molecule has 1 atom stereocenters. The Balaban J connectivity index is 3.03. The monoisotopic (exact) mass is 251 g/mol. The van der Waals surface area contributed by atoms with Gasteiger partial charge in [-0.05, 0) is 29.7 Å². The molecule has 0 N–H and O–H groups in total. The maximum absolute atomic E-state index is 11.1. The molecule has 0 spiro atoms. The number of hydrogen-bond acceptors (Lipinski definition) is 2. The van der Waals surface area contributed by atoms with E-state index in [4.69, 9.17) is 10.7 Å². The molecule has 3 nitrogen and oxygen atoms in total. The smallest absolute Gasteiger partial charge is 0.204 e. The first-order valence-corrected chi connectivity index (χ1v) is 7.58. The van der Waals surface area contributed by atoms with Gasteiger partial charge in [0.2, 0.25) is 0 Å². The lowest BCUT2D eigenvalue weighted by atomic mass is 10.4. The lowest BCUT2D eigenvalue weighted by molar-refractivity contribution is 0.600. The molecule has 78 valence electrons. The predicted molar refractivity (Wildman–Crippen MR) is 59.8 cm³/mol. The second kappa shape index (κ2) is 4.91. The Morgan fingerprint density at radius 1 is 1.36 bits per heavy atom. The molecule has 0 unspecified atom stereocenters. The first kappa shape index (κ1) is 11.7. The quantitative estimate of drug-likeness (QED) is 0.828. The average molecular weight is 252 g/mol. The van der Waals surface area contributed by atoms with Gasteiger partial charge in [-0.2, -0.15) is 0 Å². The zero-order valence-corrected chi connectivity index (χ0v) is 9.94. The van der Waals surface area contributed by atoms with Crippen LogP contribution in [-0.2, 0) is 19.9 Å². The van der Waals surface area contributed by atoms with Crippen molar-refractivity contribution in [2.24, 2.45) is 3.77 Å². The summed E-state index contributed by atoms with van der Waals surface area (Å²) >= 11 is 0. The Morgan fingerprint density at radius 3 is 2.43 bits per heavy atom. The van der Waals surface area contributed by atoms with Crippen molar-refractivity contribution in [2.45, 2.75) is 11.8 Å². The molecule has 0 radical (unpaired) electrons. The number of nitrogens with zero attached hydrogens (tertiary/aromatic N) is 1. The fourth-order valence-electron chi connectivity index (χ4n) is 0.728. The van der Waals surface area contributed by atoms with E-state index >= 15 is 0 Å². The van der Waals surface area contributed by atoms with Gasteiger partial charge in [-0.3, -0.25) is 0 Å². The van der Waals surface area contributed by atoms with Gasteiger partial charge in [0.15, 0.2) is 0 Å². The Labute approximate surface area is 90.8 Å². The van der Waals surface area contributed by atoms with Crippen LogP contribution >= 0.6 is 10.7 Å². The molecule has 14 heavy (non-hydrogen) atoms. The van der Waals surface area contributed by atoms with E-state index in [1.807, 2.05) is 6.07 Å². The molecule has 0 bridgehead atoms. The third-order valence-corrected chi connectivity index (χ3v) is 5.35. The standard InChI is InChI=1S/C8H10ClNO2S2/c1-2-14(11,12)10-13(9)8-6-4-3-5-7-8/h3-7H,2H2,1H3/t13-/m0/s1. The minimum atomic E-state index is -3.36. The summed E-state index contributed by atoms with van der Waals surface area (Å²) in [4.78, 5) is 0.714. The number of hydrogen-bond donors (Lipinski definition) is 0. The molecule has 0 aliphatic carbocycles. The summed E-state index contributed by atoms with van der Waals surface area (Å²) in [7, 11) is 1.40. The van der Waals surface area contributed by atoms with E-state index in [1.165, 1.54) is 6.92 Å². The summed E-state index contributed by atoms with van der Waals surface area (Å²) in [5.41, 5.74) is 0. The van der Waals surface area contributed by atoms with Crippen LogP contribution in [0.25, 0.3) is 0 Å². The van der Waals surface area contributed by atoms with Gasteiger partial charge in [-0.1, -0.05) is 18.2 Å². The molecule has 0 aromatic heterocycles. The van der Waals surface area contributed by atoms with Crippen molar-refractivity contribution in [3.05, 3.63) is 30.3 Å². The predicted octanol–water partition coefficient (Wildman–Crippen LogP) is 2.35. The lowest BCUT2D eigenvalue weighted by Crippen LogP contribution is -1.99. The van der Waals surface area contributed by atoms with Crippen LogP contribution in [0.1, 0.15) is 6.92 Å². The van der Waals surface area contributed by atoms with Crippen LogP contribution in [0.4, 0.5) is 0 Å². The maximum Gasteiger partial charge on any atom is 0.259 e. The molecule has 0 heterocycles. The number of halogens is 1. The fourth-order valence-corrected chi connectivity index (χ4v) is 3.75. The van der Waals surface area contributed by atoms with E-state index in [1.54, 1.807) is 24.3 Å². The van der Waals surface area contributed by atoms with Crippen molar-refractivity contribution in [1.82, 2.24) is 0 Å². The van der Waals surface area contributed by atoms with Crippen molar-refractivity contribution in [3.63, 3.8) is 0 Å². The molecule has 1 aromatic rings. The SMILES string of the molecule is CCS(=O)(=O)N=[S@](Cl)c1ccccc1. The van der Waals surface area contributed by atoms with Gasteiger partial charge < -0.3 is 0 Å². The van der Waals surface area contributed by atoms with Crippen LogP contribution in [0.2, 0.25) is 0 Å². The van der Waals surface area contributed by atoms with Crippen LogP contribution in [0.15, 0.2) is 39.0 Å². The second-order valence-electron chi connectivity index (χ2n) is 2.50. The zero-order valence-electron chi connectivity index (χ0n) is 7.55. The minimum absolute atomic E-state index is 0.0178. The van der Waals surface area contributed by atoms with E-state index in [9.17, 15) is 8.42 Å². The largest absolute Gasteiger partial charge is 0.259 e. The summed E-state index contributed by atoms with van der Waals surface area (Å²) in [5, 5.41) is 0. The molecule has 0 amide bonds. The molecule has 0 saturated heterocycles. The normalized spacial score (nSPS) is 14.1. The molecular formula is C8H10ClNO2S2. The van der Waals surface area contributed by atoms with Crippen LogP contribution in [0, 0.1) is 0 Å².